The number of piperidine rings is 1. The van der Waals surface area contributed by atoms with Gasteiger partial charge >= 0.3 is 0 Å². The molecule has 0 aliphatic carbocycles. The van der Waals surface area contributed by atoms with E-state index in [-0.39, 0.29) is 5.91 Å². The zero-order valence-corrected chi connectivity index (χ0v) is 20.9. The van der Waals surface area contributed by atoms with Crippen LogP contribution in [0.3, 0.4) is 0 Å². The van der Waals surface area contributed by atoms with Crippen molar-refractivity contribution in [2.75, 3.05) is 32.1 Å². The van der Waals surface area contributed by atoms with E-state index in [4.69, 9.17) is 19.7 Å². The van der Waals surface area contributed by atoms with Crippen molar-refractivity contribution < 1.29 is 14.3 Å². The maximum atomic E-state index is 13.2. The average Bonchev–Trinajstić information content (AvgIpc) is 3.41. The summed E-state index contributed by atoms with van der Waals surface area (Å²) in [7, 11) is 0. The average molecular weight is 507 g/mol. The Balaban J connectivity index is 1.20. The highest BCUT2D eigenvalue weighted by Gasteiger charge is 2.28. The largest absolute Gasteiger partial charge is 0.486 e. The molecule has 1 saturated heterocycles. The summed E-state index contributed by atoms with van der Waals surface area (Å²) in [6.45, 7) is 2.56. The Bertz CT molecular complexity index is 1230. The lowest BCUT2D eigenvalue weighted by Gasteiger charge is -2.31. The number of ether oxygens (including phenoxy) is 2. The Morgan fingerprint density at radius 3 is 2.86 bits per heavy atom. The minimum Gasteiger partial charge on any atom is -0.486 e. The van der Waals surface area contributed by atoms with E-state index in [0.717, 1.165) is 57.8 Å². The zero-order chi connectivity index (χ0) is 24.0. The molecule has 0 bridgehead atoms. The molecule has 1 fully saturated rings. The van der Waals surface area contributed by atoms with E-state index >= 15 is 0 Å². The SMILES string of the molecule is N#CCCCSc1ncccc1C(=O)N1CCC(c2nc(-c3ccc4c(c3)OCCO4)cs2)CC1. The van der Waals surface area contributed by atoms with Crippen LogP contribution >= 0.6 is 23.1 Å². The Kier molecular flexibility index (Phi) is 7.50. The van der Waals surface area contributed by atoms with Crippen LogP contribution in [0, 0.1) is 11.3 Å². The third kappa shape index (κ3) is 5.44. The van der Waals surface area contributed by atoms with E-state index in [0.29, 0.717) is 44.2 Å². The summed E-state index contributed by atoms with van der Waals surface area (Å²) < 4.78 is 11.3. The number of carbonyl (C=O) groups is 1. The lowest BCUT2D eigenvalue weighted by atomic mass is 9.97. The van der Waals surface area contributed by atoms with Crippen LogP contribution in [0.2, 0.25) is 0 Å². The van der Waals surface area contributed by atoms with Crippen LogP contribution in [0.15, 0.2) is 46.9 Å². The number of benzene rings is 1. The maximum Gasteiger partial charge on any atom is 0.256 e. The minimum atomic E-state index is 0.0374. The van der Waals surface area contributed by atoms with Gasteiger partial charge in [-0.15, -0.1) is 23.1 Å². The Morgan fingerprint density at radius 2 is 2.03 bits per heavy atom. The summed E-state index contributed by atoms with van der Waals surface area (Å²) in [6, 6.07) is 11.8. The molecule has 7 nitrogen and oxygen atoms in total. The number of hydrogen-bond donors (Lipinski definition) is 0. The molecular weight excluding hydrogens is 480 g/mol. The Labute approximate surface area is 213 Å². The first-order chi connectivity index (χ1) is 17.2. The normalized spacial score (nSPS) is 15.6. The molecular formula is C26H26N4O3S2. The van der Waals surface area contributed by atoms with Crippen LogP contribution in [-0.2, 0) is 0 Å². The van der Waals surface area contributed by atoms with Crippen LogP contribution in [0.5, 0.6) is 11.5 Å². The standard InChI is InChI=1S/C26H26N4O3S2/c27-9-1-2-15-34-25-20(4-3-10-28-25)26(31)30-11-7-18(8-12-30)24-29-21(17-35-24)19-5-6-22-23(16-19)33-14-13-32-22/h3-6,10,16-18H,1-2,7-8,11-15H2. The smallest absolute Gasteiger partial charge is 0.256 e. The van der Waals surface area contributed by atoms with Gasteiger partial charge in [0.1, 0.15) is 18.2 Å². The van der Waals surface area contributed by atoms with E-state index in [1.54, 1.807) is 29.3 Å². The second-order valence-corrected chi connectivity index (χ2v) is 10.4. The molecule has 1 aromatic carbocycles. The number of thiazole rings is 1. The highest BCUT2D eigenvalue weighted by molar-refractivity contribution is 7.99. The second-order valence-electron chi connectivity index (χ2n) is 8.46. The molecule has 5 rings (SSSR count). The lowest BCUT2D eigenvalue weighted by Crippen LogP contribution is -2.38. The number of fused-ring (bicyclic) bond motifs is 1. The van der Waals surface area contributed by atoms with Crippen LogP contribution in [0.4, 0.5) is 0 Å². The number of thioether (sulfide) groups is 1. The minimum absolute atomic E-state index is 0.0374. The van der Waals surface area contributed by atoms with Crippen molar-refractivity contribution in [3.63, 3.8) is 0 Å². The van der Waals surface area contributed by atoms with Gasteiger partial charge in [-0.25, -0.2) is 9.97 Å². The molecule has 2 aliphatic rings. The van der Waals surface area contributed by atoms with Crippen LogP contribution < -0.4 is 9.47 Å². The number of hydrogen-bond acceptors (Lipinski definition) is 8. The molecule has 9 heteroatoms. The van der Waals surface area contributed by atoms with Crippen molar-refractivity contribution >= 4 is 29.0 Å². The predicted octanol–water partition coefficient (Wildman–Crippen LogP) is 5.39. The fourth-order valence-electron chi connectivity index (χ4n) is 4.30. The molecule has 180 valence electrons. The van der Waals surface area contributed by atoms with Gasteiger partial charge in [0.15, 0.2) is 11.5 Å². The van der Waals surface area contributed by atoms with Crippen LogP contribution in [0.1, 0.15) is 47.0 Å². The van der Waals surface area contributed by atoms with Crippen molar-refractivity contribution in [3.8, 4) is 28.8 Å². The third-order valence-corrected chi connectivity index (χ3v) is 8.26. The topological polar surface area (TPSA) is 88.3 Å². The van der Waals surface area contributed by atoms with E-state index in [9.17, 15) is 4.79 Å². The van der Waals surface area contributed by atoms with Crippen molar-refractivity contribution in [2.45, 2.75) is 36.6 Å². The number of aromatic nitrogens is 2. The highest BCUT2D eigenvalue weighted by Crippen LogP contribution is 2.37. The number of pyridine rings is 1. The Hall–Kier alpha value is -3.09. The summed E-state index contributed by atoms with van der Waals surface area (Å²) in [5, 5.41) is 12.7. The number of amides is 1. The highest BCUT2D eigenvalue weighted by atomic mass is 32.2. The molecule has 0 atom stereocenters. The molecule has 1 amide bonds. The van der Waals surface area contributed by atoms with Gasteiger partial charge in [0.05, 0.1) is 22.3 Å². The fourth-order valence-corrected chi connectivity index (χ4v) is 6.23. The molecule has 3 aromatic rings. The molecule has 35 heavy (non-hydrogen) atoms. The number of nitrogens with zero attached hydrogens (tertiary/aromatic N) is 4. The first kappa shape index (κ1) is 23.6. The van der Waals surface area contributed by atoms with Gasteiger partial charge < -0.3 is 14.4 Å². The Morgan fingerprint density at radius 1 is 1.20 bits per heavy atom. The lowest BCUT2D eigenvalue weighted by molar-refractivity contribution is 0.0708. The predicted molar refractivity (Wildman–Crippen MR) is 136 cm³/mol. The van der Waals surface area contributed by atoms with Crippen molar-refractivity contribution in [1.82, 2.24) is 14.9 Å². The third-order valence-electron chi connectivity index (χ3n) is 6.16. The van der Waals surface area contributed by atoms with Crippen LogP contribution in [0.25, 0.3) is 11.3 Å². The van der Waals surface area contributed by atoms with E-state index in [2.05, 4.69) is 16.4 Å². The van der Waals surface area contributed by atoms with Gasteiger partial charge in [-0.05, 0) is 49.6 Å². The van der Waals surface area contributed by atoms with Gasteiger partial charge in [-0.3, -0.25) is 4.79 Å². The monoisotopic (exact) mass is 506 g/mol. The molecule has 0 N–H and O–H groups in total. The first-order valence-corrected chi connectivity index (χ1v) is 13.7. The summed E-state index contributed by atoms with van der Waals surface area (Å²) >= 11 is 3.24. The summed E-state index contributed by atoms with van der Waals surface area (Å²) in [6.07, 6.45) is 4.81. The molecule has 2 aromatic heterocycles. The molecule has 0 spiro atoms. The quantitative estimate of drug-likeness (QED) is 0.313. The van der Waals surface area contributed by atoms with Gasteiger partial charge in [0, 0.05) is 48.3 Å². The van der Waals surface area contributed by atoms with Gasteiger partial charge in [-0.2, -0.15) is 5.26 Å². The molecule has 2 aliphatic heterocycles. The van der Waals surface area contributed by atoms with Crippen molar-refractivity contribution in [3.05, 3.63) is 52.5 Å². The van der Waals surface area contributed by atoms with E-state index in [1.807, 2.05) is 35.2 Å². The molecule has 0 radical (unpaired) electrons. The van der Waals surface area contributed by atoms with Gasteiger partial charge in [0.2, 0.25) is 0 Å². The van der Waals surface area contributed by atoms with Crippen LogP contribution in [-0.4, -0.2) is 52.8 Å². The zero-order valence-electron chi connectivity index (χ0n) is 19.3. The number of unbranched alkanes of at least 4 members (excludes halogenated alkanes) is 1. The number of nitriles is 1. The van der Waals surface area contributed by atoms with E-state index < -0.39 is 0 Å². The van der Waals surface area contributed by atoms with Gasteiger partial charge in [-0.1, -0.05) is 0 Å². The first-order valence-electron chi connectivity index (χ1n) is 11.8. The van der Waals surface area contributed by atoms with Crippen molar-refractivity contribution in [1.29, 1.82) is 5.26 Å². The van der Waals surface area contributed by atoms with Gasteiger partial charge in [0.25, 0.3) is 5.91 Å². The second kappa shape index (κ2) is 11.1. The number of likely N-dealkylation sites (tertiary alicyclic amines) is 1. The molecule has 0 saturated carbocycles. The maximum absolute atomic E-state index is 13.2. The molecule has 4 heterocycles. The summed E-state index contributed by atoms with van der Waals surface area (Å²) in [5.41, 5.74) is 2.64. The molecule has 0 unspecified atom stereocenters. The summed E-state index contributed by atoms with van der Waals surface area (Å²) in [5.74, 6) is 2.72. The number of carbonyl (C=O) groups excluding carboxylic acids is 1. The number of rotatable bonds is 7. The summed E-state index contributed by atoms with van der Waals surface area (Å²) in [4.78, 5) is 24.5. The van der Waals surface area contributed by atoms with E-state index in [1.165, 1.54) is 0 Å². The van der Waals surface area contributed by atoms with Crippen molar-refractivity contribution in [2.24, 2.45) is 0 Å². The fraction of sp³-hybridized carbons (Fsp3) is 0.385.